The van der Waals surface area contributed by atoms with Crippen LogP contribution in [0, 0.1) is 6.92 Å². The van der Waals surface area contributed by atoms with E-state index in [1.807, 2.05) is 41.8 Å². The van der Waals surface area contributed by atoms with Crippen LogP contribution in [0.5, 0.6) is 11.5 Å². The van der Waals surface area contributed by atoms with Gasteiger partial charge < -0.3 is 9.47 Å². The first-order chi connectivity index (χ1) is 10.8. The normalized spacial score (nSPS) is 10.5. The van der Waals surface area contributed by atoms with E-state index >= 15 is 0 Å². The van der Waals surface area contributed by atoms with Crippen LogP contribution >= 0.6 is 0 Å². The number of aryl methyl sites for hydroxylation is 1. The summed E-state index contributed by atoms with van der Waals surface area (Å²) in [6.45, 7) is 1.89. The van der Waals surface area contributed by atoms with Crippen molar-refractivity contribution in [2.75, 3.05) is 14.2 Å². The second-order valence-corrected chi connectivity index (χ2v) is 4.66. The van der Waals surface area contributed by atoms with Crippen molar-refractivity contribution >= 4 is 0 Å². The van der Waals surface area contributed by atoms with E-state index in [-0.39, 0.29) is 0 Å². The lowest BCUT2D eigenvalue weighted by Gasteiger charge is -2.16. The van der Waals surface area contributed by atoms with Crippen molar-refractivity contribution in [2.24, 2.45) is 0 Å². The molecule has 2 heterocycles. The minimum atomic E-state index is 0.687. The molecule has 3 rings (SSSR count). The van der Waals surface area contributed by atoms with Crippen LogP contribution in [-0.2, 0) is 0 Å². The molecule has 0 fully saturated rings. The Morgan fingerprint density at radius 2 is 1.68 bits per heavy atom. The Morgan fingerprint density at radius 1 is 0.955 bits per heavy atom. The summed E-state index contributed by atoms with van der Waals surface area (Å²) in [5.41, 5.74) is 1.64. The third kappa shape index (κ3) is 2.28. The molecule has 1 aromatic carbocycles. The van der Waals surface area contributed by atoms with E-state index in [0.717, 1.165) is 17.1 Å². The van der Waals surface area contributed by atoms with Gasteiger partial charge in [0, 0.05) is 18.0 Å². The molecule has 0 spiro atoms. The van der Waals surface area contributed by atoms with E-state index in [1.54, 1.807) is 26.6 Å². The zero-order valence-electron chi connectivity index (χ0n) is 12.6. The maximum atomic E-state index is 5.49. The number of para-hydroxylation sites is 1. The molecule has 0 aliphatic heterocycles. The Hall–Kier alpha value is -2.89. The number of benzene rings is 1. The summed E-state index contributed by atoms with van der Waals surface area (Å²) in [7, 11) is 3.25. The molecule has 0 atom stereocenters. The van der Waals surface area contributed by atoms with Gasteiger partial charge >= 0.3 is 0 Å². The zero-order chi connectivity index (χ0) is 15.5. The molecule has 0 aliphatic rings. The molecule has 0 aliphatic carbocycles. The molecule has 0 amide bonds. The van der Waals surface area contributed by atoms with Gasteiger partial charge in [0.15, 0.2) is 5.82 Å². The van der Waals surface area contributed by atoms with Gasteiger partial charge in [-0.25, -0.2) is 0 Å². The Morgan fingerprint density at radius 3 is 2.27 bits per heavy atom. The average molecular weight is 296 g/mol. The minimum absolute atomic E-state index is 0.687. The van der Waals surface area contributed by atoms with Crippen LogP contribution in [-0.4, -0.2) is 34.0 Å². The molecular formula is C16H16N4O2. The first-order valence-electron chi connectivity index (χ1n) is 6.80. The number of pyridine rings is 1. The van der Waals surface area contributed by atoms with Gasteiger partial charge in [-0.15, -0.1) is 10.2 Å². The third-order valence-corrected chi connectivity index (χ3v) is 3.37. The Kier molecular flexibility index (Phi) is 3.74. The lowest BCUT2D eigenvalue weighted by Crippen LogP contribution is -2.05. The summed E-state index contributed by atoms with van der Waals surface area (Å²) < 4.78 is 12.9. The predicted octanol–water partition coefficient (Wildman–Crippen LogP) is 2.65. The zero-order valence-corrected chi connectivity index (χ0v) is 12.6. The van der Waals surface area contributed by atoms with Crippen molar-refractivity contribution in [3.8, 4) is 28.6 Å². The molecule has 112 valence electrons. The van der Waals surface area contributed by atoms with Gasteiger partial charge in [0.05, 0.1) is 14.2 Å². The molecule has 0 radical (unpaired) electrons. The van der Waals surface area contributed by atoms with Crippen molar-refractivity contribution < 1.29 is 9.47 Å². The standard InChI is InChI=1S/C16H16N4O2/c1-11-18-19-16(12-6-5-9-17-10-12)20(11)15-13(21-2)7-4-8-14(15)22-3/h4-10H,1-3H3. The van der Waals surface area contributed by atoms with Crippen LogP contribution < -0.4 is 9.47 Å². The molecule has 0 bridgehead atoms. The summed E-state index contributed by atoms with van der Waals surface area (Å²) in [6, 6.07) is 9.44. The number of hydrogen-bond acceptors (Lipinski definition) is 5. The van der Waals surface area contributed by atoms with Gasteiger partial charge in [-0.05, 0) is 31.2 Å². The highest BCUT2D eigenvalue weighted by atomic mass is 16.5. The van der Waals surface area contributed by atoms with Crippen LogP contribution in [0.4, 0.5) is 0 Å². The van der Waals surface area contributed by atoms with E-state index in [9.17, 15) is 0 Å². The fourth-order valence-electron chi connectivity index (χ4n) is 2.36. The van der Waals surface area contributed by atoms with Crippen molar-refractivity contribution in [1.82, 2.24) is 19.7 Å². The van der Waals surface area contributed by atoms with Crippen molar-refractivity contribution in [3.63, 3.8) is 0 Å². The van der Waals surface area contributed by atoms with Crippen LogP contribution in [0.2, 0.25) is 0 Å². The molecule has 6 heteroatoms. The fraction of sp³-hybridized carbons (Fsp3) is 0.188. The van der Waals surface area contributed by atoms with Crippen LogP contribution in [0.1, 0.15) is 5.82 Å². The lowest BCUT2D eigenvalue weighted by molar-refractivity contribution is 0.391. The average Bonchev–Trinajstić information content (AvgIpc) is 2.96. The number of hydrogen-bond donors (Lipinski definition) is 0. The van der Waals surface area contributed by atoms with Gasteiger partial charge in [0.1, 0.15) is 23.0 Å². The molecule has 3 aromatic rings. The first kappa shape index (κ1) is 14.1. The number of aromatic nitrogens is 4. The maximum Gasteiger partial charge on any atom is 0.170 e. The SMILES string of the molecule is COc1cccc(OC)c1-n1c(C)nnc1-c1cccnc1. The van der Waals surface area contributed by atoms with Crippen LogP contribution in [0.3, 0.4) is 0 Å². The smallest absolute Gasteiger partial charge is 0.170 e. The van der Waals surface area contributed by atoms with Gasteiger partial charge in [-0.1, -0.05) is 6.07 Å². The molecule has 6 nitrogen and oxygen atoms in total. The minimum Gasteiger partial charge on any atom is -0.494 e. The molecule has 0 unspecified atom stereocenters. The number of rotatable bonds is 4. The predicted molar refractivity (Wildman–Crippen MR) is 82.4 cm³/mol. The second-order valence-electron chi connectivity index (χ2n) is 4.66. The molecule has 0 saturated heterocycles. The largest absolute Gasteiger partial charge is 0.494 e. The van der Waals surface area contributed by atoms with Gasteiger partial charge in [0.25, 0.3) is 0 Å². The number of methoxy groups -OCH3 is 2. The van der Waals surface area contributed by atoms with E-state index in [4.69, 9.17) is 9.47 Å². The summed E-state index contributed by atoms with van der Waals surface area (Å²) in [5.74, 6) is 2.80. The second kappa shape index (κ2) is 5.85. The van der Waals surface area contributed by atoms with Gasteiger partial charge in [-0.3, -0.25) is 9.55 Å². The summed E-state index contributed by atoms with van der Waals surface area (Å²) in [5, 5.41) is 8.47. The van der Waals surface area contributed by atoms with Crippen molar-refractivity contribution in [1.29, 1.82) is 0 Å². The van der Waals surface area contributed by atoms with Crippen LogP contribution in [0.15, 0.2) is 42.7 Å². The van der Waals surface area contributed by atoms with E-state index in [0.29, 0.717) is 17.3 Å². The Labute approximate surface area is 128 Å². The fourth-order valence-corrected chi connectivity index (χ4v) is 2.36. The van der Waals surface area contributed by atoms with E-state index < -0.39 is 0 Å². The highest BCUT2D eigenvalue weighted by molar-refractivity contribution is 5.64. The lowest BCUT2D eigenvalue weighted by atomic mass is 10.2. The highest BCUT2D eigenvalue weighted by Gasteiger charge is 2.20. The Balaban J connectivity index is 2.28. The van der Waals surface area contributed by atoms with Gasteiger partial charge in [-0.2, -0.15) is 0 Å². The van der Waals surface area contributed by atoms with Crippen molar-refractivity contribution in [2.45, 2.75) is 6.92 Å². The molecular weight excluding hydrogens is 280 g/mol. The van der Waals surface area contributed by atoms with Crippen LogP contribution in [0.25, 0.3) is 17.1 Å². The molecule has 0 N–H and O–H groups in total. The maximum absolute atomic E-state index is 5.49. The third-order valence-electron chi connectivity index (χ3n) is 3.37. The Bertz CT molecular complexity index is 762. The van der Waals surface area contributed by atoms with E-state index in [2.05, 4.69) is 15.2 Å². The summed E-state index contributed by atoms with van der Waals surface area (Å²) in [6.07, 6.45) is 3.47. The topological polar surface area (TPSA) is 62.1 Å². The first-order valence-corrected chi connectivity index (χ1v) is 6.80. The number of ether oxygens (including phenoxy) is 2. The number of nitrogens with zero attached hydrogens (tertiary/aromatic N) is 4. The summed E-state index contributed by atoms with van der Waals surface area (Å²) >= 11 is 0. The molecule has 2 aromatic heterocycles. The quantitative estimate of drug-likeness (QED) is 0.740. The summed E-state index contributed by atoms with van der Waals surface area (Å²) in [4.78, 5) is 4.15. The monoisotopic (exact) mass is 296 g/mol. The molecule has 0 saturated carbocycles. The van der Waals surface area contributed by atoms with Crippen molar-refractivity contribution in [3.05, 3.63) is 48.5 Å². The molecule has 22 heavy (non-hydrogen) atoms. The highest BCUT2D eigenvalue weighted by Crippen LogP contribution is 2.35. The van der Waals surface area contributed by atoms with Gasteiger partial charge in [0.2, 0.25) is 0 Å². The van der Waals surface area contributed by atoms with E-state index in [1.165, 1.54) is 0 Å².